The van der Waals surface area contributed by atoms with Crippen molar-refractivity contribution < 1.29 is 58.2 Å². The van der Waals surface area contributed by atoms with Gasteiger partial charge in [0.1, 0.15) is 0 Å². The summed E-state index contributed by atoms with van der Waals surface area (Å²) in [6.07, 6.45) is -7.30. The fraction of sp³-hybridized carbons (Fsp3) is 0.833. The number of carboxylic acid groups (broad SMARTS) is 1. The van der Waals surface area contributed by atoms with E-state index in [-0.39, 0.29) is 0 Å². The van der Waals surface area contributed by atoms with Gasteiger partial charge in [-0.05, 0) is 0 Å². The molecule has 0 radical (unpaired) electrons. The topological polar surface area (TPSA) is 37.3 Å². The Morgan fingerprint density at radius 3 is 1.16 bits per heavy atom. The highest BCUT2D eigenvalue weighted by Gasteiger charge is 2.88. The summed E-state index contributed by atoms with van der Waals surface area (Å²) in [6, 6.07) is 0. The molecule has 13 heteroatoms. The van der Waals surface area contributed by atoms with E-state index in [1.165, 1.54) is 0 Å². The summed E-state index contributed by atoms with van der Waals surface area (Å²) in [6.45, 7) is 0. The highest BCUT2D eigenvalue weighted by molar-refractivity contribution is 5.77. The Morgan fingerprint density at radius 1 is 0.632 bits per heavy atom. The Kier molecular flexibility index (Phi) is 3.82. The van der Waals surface area contributed by atoms with E-state index in [0.717, 1.165) is 0 Å². The van der Waals surface area contributed by atoms with Crippen molar-refractivity contribution in [3.05, 3.63) is 0 Å². The standard InChI is InChI=1S/C6HF11O2/c7-2(8,1(18)19)3(9,10)4(11,12)5(13,14)6(15,16)17/h(H,18,19)/i1+1,2+1. The third-order valence-corrected chi connectivity index (χ3v) is 1.81. The monoisotopic (exact) mass is 316 g/mol. The van der Waals surface area contributed by atoms with Crippen molar-refractivity contribution in [3.8, 4) is 0 Å². The van der Waals surface area contributed by atoms with Crippen LogP contribution in [-0.4, -0.2) is 40.9 Å². The molecule has 114 valence electrons. The number of carbonyl (C=O) groups is 1. The highest BCUT2D eigenvalue weighted by Crippen LogP contribution is 2.57. The molecule has 0 rings (SSSR count). The minimum Gasteiger partial charge on any atom is -0.477 e. The maximum atomic E-state index is 12.4. The fourth-order valence-corrected chi connectivity index (χ4v) is 0.707. The van der Waals surface area contributed by atoms with E-state index < -0.39 is 35.8 Å². The second kappa shape index (κ2) is 4.10. The van der Waals surface area contributed by atoms with Crippen LogP contribution >= 0.6 is 0 Å². The van der Waals surface area contributed by atoms with Gasteiger partial charge in [0.15, 0.2) is 0 Å². The molecule has 0 fully saturated rings. The molecule has 0 heterocycles. The molecule has 0 spiro atoms. The maximum Gasteiger partial charge on any atom is 0.460 e. The van der Waals surface area contributed by atoms with Gasteiger partial charge in [0.2, 0.25) is 0 Å². The minimum atomic E-state index is -7.68. The molecule has 0 aliphatic rings. The van der Waals surface area contributed by atoms with E-state index in [4.69, 9.17) is 5.11 Å². The summed E-state index contributed by atoms with van der Waals surface area (Å²) in [5, 5.41) is 7.52. The summed E-state index contributed by atoms with van der Waals surface area (Å²) >= 11 is 0. The predicted octanol–water partition coefficient (Wildman–Crippen LogP) is 3.17. The first kappa shape index (κ1) is 17.7. The van der Waals surface area contributed by atoms with Gasteiger partial charge < -0.3 is 5.11 Å². The predicted molar refractivity (Wildman–Crippen MR) is 33.5 cm³/mol. The van der Waals surface area contributed by atoms with Gasteiger partial charge in [-0.1, -0.05) is 0 Å². The van der Waals surface area contributed by atoms with Gasteiger partial charge in [-0.2, -0.15) is 48.3 Å². The van der Waals surface area contributed by atoms with Crippen molar-refractivity contribution in [2.75, 3.05) is 0 Å². The van der Waals surface area contributed by atoms with Crippen LogP contribution in [0.25, 0.3) is 0 Å². The smallest absolute Gasteiger partial charge is 0.460 e. The molecular formula is C6HF11O2. The average molecular weight is 316 g/mol. The molecular weight excluding hydrogens is 315 g/mol. The molecule has 2 nitrogen and oxygen atoms in total. The summed E-state index contributed by atoms with van der Waals surface area (Å²) in [5.41, 5.74) is 0. The summed E-state index contributed by atoms with van der Waals surface area (Å²) in [5.74, 6) is -33.6. The molecule has 0 atom stereocenters. The van der Waals surface area contributed by atoms with Crippen LogP contribution in [0.4, 0.5) is 48.3 Å². The van der Waals surface area contributed by atoms with E-state index in [1.54, 1.807) is 0 Å². The first-order chi connectivity index (χ1) is 7.94. The molecule has 0 amide bonds. The molecule has 0 saturated carbocycles. The van der Waals surface area contributed by atoms with Crippen LogP contribution in [0.1, 0.15) is 0 Å². The lowest BCUT2D eigenvalue weighted by Gasteiger charge is -2.35. The van der Waals surface area contributed by atoms with E-state index in [2.05, 4.69) is 0 Å². The van der Waals surface area contributed by atoms with E-state index in [1.807, 2.05) is 0 Å². The number of rotatable bonds is 4. The van der Waals surface area contributed by atoms with Crippen LogP contribution in [-0.2, 0) is 4.79 Å². The van der Waals surface area contributed by atoms with Crippen molar-refractivity contribution in [1.82, 2.24) is 0 Å². The molecule has 0 saturated heterocycles. The molecule has 0 aromatic carbocycles. The average Bonchev–Trinajstić information content (AvgIpc) is 2.14. The third kappa shape index (κ3) is 2.18. The molecule has 1 N–H and O–H groups in total. The van der Waals surface area contributed by atoms with Gasteiger partial charge in [-0.3, -0.25) is 0 Å². The lowest BCUT2D eigenvalue weighted by molar-refractivity contribution is -0.418. The van der Waals surface area contributed by atoms with Gasteiger partial charge >= 0.3 is 35.8 Å². The Balaban J connectivity index is 5.99. The molecule has 0 bridgehead atoms. The Hall–Kier alpha value is -1.30. The van der Waals surface area contributed by atoms with Crippen LogP contribution < -0.4 is 0 Å². The first-order valence-electron chi connectivity index (χ1n) is 3.76. The number of aliphatic carboxylic acids is 1. The third-order valence-electron chi connectivity index (χ3n) is 1.81. The second-order valence-corrected chi connectivity index (χ2v) is 3.10. The first-order valence-corrected chi connectivity index (χ1v) is 3.76. The molecule has 0 aromatic heterocycles. The molecule has 0 aliphatic carbocycles. The number of alkyl halides is 11. The molecule has 0 aliphatic heterocycles. The molecule has 0 aromatic rings. The largest absolute Gasteiger partial charge is 0.477 e. The number of hydrogen-bond donors (Lipinski definition) is 1. The van der Waals surface area contributed by atoms with Crippen molar-refractivity contribution in [3.63, 3.8) is 0 Å². The maximum absolute atomic E-state index is 12.4. The lowest BCUT2D eigenvalue weighted by atomic mass is 10.1. The Bertz CT molecular complexity index is 368. The van der Waals surface area contributed by atoms with Crippen molar-refractivity contribution in [2.45, 2.75) is 29.9 Å². The molecule has 0 unspecified atom stereocenters. The minimum absolute atomic E-state index is 3.99. The zero-order valence-corrected chi connectivity index (χ0v) is 8.01. The van der Waals surface area contributed by atoms with E-state index >= 15 is 0 Å². The van der Waals surface area contributed by atoms with Gasteiger partial charge in [0.25, 0.3) is 0 Å². The fourth-order valence-electron chi connectivity index (χ4n) is 0.707. The van der Waals surface area contributed by atoms with Crippen LogP contribution in [0.2, 0.25) is 0 Å². The van der Waals surface area contributed by atoms with Crippen LogP contribution in [0.3, 0.4) is 0 Å². The zero-order chi connectivity index (χ0) is 16.1. The Labute approximate surface area is 95.3 Å². The lowest BCUT2D eigenvalue weighted by Crippen LogP contribution is -2.68. The van der Waals surface area contributed by atoms with Crippen LogP contribution in [0.5, 0.6) is 0 Å². The molecule has 19 heavy (non-hydrogen) atoms. The van der Waals surface area contributed by atoms with Crippen molar-refractivity contribution >= 4 is 5.97 Å². The van der Waals surface area contributed by atoms with E-state index in [0.29, 0.717) is 0 Å². The van der Waals surface area contributed by atoms with Gasteiger partial charge in [-0.25, -0.2) is 4.79 Å². The highest BCUT2D eigenvalue weighted by atomic mass is 19.4. The zero-order valence-electron chi connectivity index (χ0n) is 8.01. The second-order valence-electron chi connectivity index (χ2n) is 3.10. The summed E-state index contributed by atoms with van der Waals surface area (Å²) in [4.78, 5) is 9.60. The number of hydrogen-bond acceptors (Lipinski definition) is 1. The number of halogens is 11. The van der Waals surface area contributed by atoms with E-state index in [9.17, 15) is 53.1 Å². The number of carboxylic acids is 1. The van der Waals surface area contributed by atoms with Crippen LogP contribution in [0.15, 0.2) is 0 Å². The normalized spacial score (nSPS) is 15.5. The SMILES string of the molecule is O=[13C](O)[13C](F)(F)C(F)(F)C(F)(F)C(F)(F)C(F)(F)F. The van der Waals surface area contributed by atoms with Crippen molar-refractivity contribution in [1.29, 1.82) is 0 Å². The Morgan fingerprint density at radius 2 is 0.947 bits per heavy atom. The summed E-state index contributed by atoms with van der Waals surface area (Å²) < 4.78 is 133. The van der Waals surface area contributed by atoms with Gasteiger partial charge in [-0.15, -0.1) is 0 Å². The van der Waals surface area contributed by atoms with Gasteiger partial charge in [0.05, 0.1) is 0 Å². The quantitative estimate of drug-likeness (QED) is 0.639. The summed E-state index contributed by atoms with van der Waals surface area (Å²) in [7, 11) is 0. The van der Waals surface area contributed by atoms with Gasteiger partial charge in [0, 0.05) is 0 Å². The van der Waals surface area contributed by atoms with Crippen molar-refractivity contribution in [2.24, 2.45) is 0 Å². The van der Waals surface area contributed by atoms with Crippen LogP contribution in [0, 0.1) is 0 Å².